The molecule has 1 aromatic rings. The minimum Gasteiger partial charge on any atom is -0.359 e. The van der Waals surface area contributed by atoms with Crippen LogP contribution >= 0.6 is 0 Å². The zero-order valence-corrected chi connectivity index (χ0v) is 10.6. The molecule has 0 radical (unpaired) electrons. The van der Waals surface area contributed by atoms with Gasteiger partial charge in [0.25, 0.3) is 0 Å². The highest BCUT2D eigenvalue weighted by molar-refractivity contribution is 5.38. The molecule has 0 spiro atoms. The van der Waals surface area contributed by atoms with Crippen LogP contribution < -0.4 is 10.6 Å². The molecule has 1 rings (SSSR count). The molecule has 16 heavy (non-hydrogen) atoms. The van der Waals surface area contributed by atoms with E-state index < -0.39 is 0 Å². The lowest BCUT2D eigenvalue weighted by atomic mass is 10.1. The van der Waals surface area contributed by atoms with Crippen LogP contribution in [-0.2, 0) is 6.42 Å². The van der Waals surface area contributed by atoms with Gasteiger partial charge in [-0.1, -0.05) is 26.3 Å². The second-order valence-electron chi connectivity index (χ2n) is 4.46. The molecule has 0 aliphatic rings. The first-order chi connectivity index (χ1) is 7.67. The second-order valence-corrected chi connectivity index (χ2v) is 4.46. The summed E-state index contributed by atoms with van der Waals surface area (Å²) in [4.78, 5) is 6.66. The Labute approximate surface area is 98.7 Å². The number of nitrogens with two attached hydrogens (primary N) is 1. The van der Waals surface area contributed by atoms with E-state index in [1.54, 1.807) is 0 Å². The molecule has 0 amide bonds. The van der Waals surface area contributed by atoms with Crippen LogP contribution in [0, 0.1) is 5.92 Å². The molecule has 1 aromatic heterocycles. The fraction of sp³-hybridized carbons (Fsp3) is 0.615. The first-order valence-electron chi connectivity index (χ1n) is 6.03. The Hall–Kier alpha value is -1.09. The largest absolute Gasteiger partial charge is 0.359 e. The van der Waals surface area contributed by atoms with Crippen molar-refractivity contribution in [3.05, 3.63) is 23.9 Å². The minimum absolute atomic E-state index is 0.684. The van der Waals surface area contributed by atoms with Gasteiger partial charge in [-0.2, -0.15) is 0 Å². The maximum Gasteiger partial charge on any atom is 0.128 e. The molecule has 0 saturated carbocycles. The van der Waals surface area contributed by atoms with E-state index in [1.165, 1.54) is 12.0 Å². The van der Waals surface area contributed by atoms with Crippen molar-refractivity contribution in [2.75, 3.05) is 25.0 Å². The van der Waals surface area contributed by atoms with E-state index >= 15 is 0 Å². The summed E-state index contributed by atoms with van der Waals surface area (Å²) in [6.07, 6.45) is 4.03. The highest BCUT2D eigenvalue weighted by atomic mass is 15.2. The number of anilines is 1. The number of nitrogens with zero attached hydrogens (tertiary/aromatic N) is 2. The molecular weight excluding hydrogens is 198 g/mol. The van der Waals surface area contributed by atoms with Crippen LogP contribution in [-0.4, -0.2) is 25.1 Å². The van der Waals surface area contributed by atoms with Gasteiger partial charge < -0.3 is 10.6 Å². The monoisotopic (exact) mass is 221 g/mol. The summed E-state index contributed by atoms with van der Waals surface area (Å²) in [6, 6.07) is 4.19. The maximum absolute atomic E-state index is 5.50. The van der Waals surface area contributed by atoms with Crippen molar-refractivity contribution in [2.24, 2.45) is 11.7 Å². The van der Waals surface area contributed by atoms with Gasteiger partial charge in [0.15, 0.2) is 0 Å². The van der Waals surface area contributed by atoms with Crippen molar-refractivity contribution in [3.8, 4) is 0 Å². The Balaban J connectivity index is 2.59. The maximum atomic E-state index is 5.50. The zero-order chi connectivity index (χ0) is 12.0. The Kier molecular flexibility index (Phi) is 5.26. The van der Waals surface area contributed by atoms with Crippen LogP contribution in [0.5, 0.6) is 0 Å². The summed E-state index contributed by atoms with van der Waals surface area (Å²) < 4.78 is 0. The quantitative estimate of drug-likeness (QED) is 0.799. The van der Waals surface area contributed by atoms with Gasteiger partial charge in [-0.15, -0.1) is 0 Å². The number of pyridine rings is 1. The topological polar surface area (TPSA) is 42.1 Å². The lowest BCUT2D eigenvalue weighted by Crippen LogP contribution is -2.24. The standard InChI is InChI=1S/C13H23N3/c1-4-11(2)10-16(3)13-6-5-12(7-8-14)9-15-13/h5-6,9,11H,4,7-8,10,14H2,1-3H3. The predicted molar refractivity (Wildman–Crippen MR) is 69.7 cm³/mol. The molecule has 1 heterocycles. The van der Waals surface area contributed by atoms with E-state index in [2.05, 4.69) is 42.9 Å². The highest BCUT2D eigenvalue weighted by Gasteiger charge is 2.06. The van der Waals surface area contributed by atoms with Crippen LogP contribution in [0.4, 0.5) is 5.82 Å². The molecule has 0 fully saturated rings. The van der Waals surface area contributed by atoms with Crippen molar-refractivity contribution in [1.82, 2.24) is 4.98 Å². The van der Waals surface area contributed by atoms with Crippen LogP contribution in [0.25, 0.3) is 0 Å². The molecule has 0 saturated heterocycles. The van der Waals surface area contributed by atoms with Gasteiger partial charge in [0, 0.05) is 19.8 Å². The Morgan fingerprint density at radius 2 is 2.19 bits per heavy atom. The fourth-order valence-electron chi connectivity index (χ4n) is 1.65. The van der Waals surface area contributed by atoms with Crippen molar-refractivity contribution in [3.63, 3.8) is 0 Å². The summed E-state index contributed by atoms with van der Waals surface area (Å²) in [5, 5.41) is 0. The molecule has 3 heteroatoms. The van der Waals surface area contributed by atoms with Gasteiger partial charge in [-0.05, 0) is 30.5 Å². The van der Waals surface area contributed by atoms with E-state index in [4.69, 9.17) is 5.73 Å². The molecule has 0 aromatic carbocycles. The zero-order valence-electron chi connectivity index (χ0n) is 10.6. The Morgan fingerprint density at radius 1 is 1.44 bits per heavy atom. The summed E-state index contributed by atoms with van der Waals surface area (Å²) in [6.45, 7) is 6.22. The first-order valence-corrected chi connectivity index (χ1v) is 6.03. The van der Waals surface area contributed by atoms with Crippen LogP contribution in [0.1, 0.15) is 25.8 Å². The van der Waals surface area contributed by atoms with E-state index in [-0.39, 0.29) is 0 Å². The molecule has 90 valence electrons. The predicted octanol–water partition coefficient (Wildman–Crippen LogP) is 2.07. The van der Waals surface area contributed by atoms with E-state index in [0.29, 0.717) is 12.5 Å². The van der Waals surface area contributed by atoms with Gasteiger partial charge in [0.1, 0.15) is 5.82 Å². The highest BCUT2D eigenvalue weighted by Crippen LogP contribution is 2.12. The third kappa shape index (κ3) is 3.81. The van der Waals surface area contributed by atoms with E-state index in [0.717, 1.165) is 18.8 Å². The van der Waals surface area contributed by atoms with Gasteiger partial charge in [0.05, 0.1) is 0 Å². The van der Waals surface area contributed by atoms with Crippen molar-refractivity contribution >= 4 is 5.82 Å². The Morgan fingerprint density at radius 3 is 2.69 bits per heavy atom. The van der Waals surface area contributed by atoms with Gasteiger partial charge in [0.2, 0.25) is 0 Å². The lowest BCUT2D eigenvalue weighted by Gasteiger charge is -2.21. The molecule has 2 N–H and O–H groups in total. The minimum atomic E-state index is 0.684. The van der Waals surface area contributed by atoms with E-state index in [1.807, 2.05) is 6.20 Å². The summed E-state index contributed by atoms with van der Waals surface area (Å²) in [7, 11) is 2.09. The number of aromatic nitrogens is 1. The molecule has 0 aliphatic carbocycles. The summed E-state index contributed by atoms with van der Waals surface area (Å²) in [5.74, 6) is 1.75. The van der Waals surface area contributed by atoms with Crippen molar-refractivity contribution < 1.29 is 0 Å². The third-order valence-corrected chi connectivity index (χ3v) is 2.92. The third-order valence-electron chi connectivity index (χ3n) is 2.92. The van der Waals surface area contributed by atoms with Gasteiger partial charge in [-0.25, -0.2) is 4.98 Å². The molecular formula is C13H23N3. The lowest BCUT2D eigenvalue weighted by molar-refractivity contribution is 0.557. The number of hydrogen-bond acceptors (Lipinski definition) is 3. The van der Waals surface area contributed by atoms with Crippen LogP contribution in [0.2, 0.25) is 0 Å². The summed E-state index contributed by atoms with van der Waals surface area (Å²) >= 11 is 0. The average Bonchev–Trinajstić information content (AvgIpc) is 2.30. The second kappa shape index (κ2) is 6.48. The summed E-state index contributed by atoms with van der Waals surface area (Å²) in [5.41, 5.74) is 6.72. The Bertz CT molecular complexity index is 295. The molecule has 0 aliphatic heterocycles. The van der Waals surface area contributed by atoms with Crippen molar-refractivity contribution in [2.45, 2.75) is 26.7 Å². The fourth-order valence-corrected chi connectivity index (χ4v) is 1.65. The normalized spacial score (nSPS) is 12.5. The molecule has 1 unspecified atom stereocenters. The molecule has 3 nitrogen and oxygen atoms in total. The molecule has 0 bridgehead atoms. The number of rotatable bonds is 6. The molecule has 1 atom stereocenters. The number of hydrogen-bond donors (Lipinski definition) is 1. The first kappa shape index (κ1) is 13.0. The van der Waals surface area contributed by atoms with Gasteiger partial charge in [-0.3, -0.25) is 0 Å². The average molecular weight is 221 g/mol. The van der Waals surface area contributed by atoms with Gasteiger partial charge >= 0.3 is 0 Å². The van der Waals surface area contributed by atoms with E-state index in [9.17, 15) is 0 Å². The van der Waals surface area contributed by atoms with Crippen LogP contribution in [0.15, 0.2) is 18.3 Å². The van der Waals surface area contributed by atoms with Crippen molar-refractivity contribution in [1.29, 1.82) is 0 Å². The smallest absolute Gasteiger partial charge is 0.128 e. The van der Waals surface area contributed by atoms with Crippen LogP contribution in [0.3, 0.4) is 0 Å². The SMILES string of the molecule is CCC(C)CN(C)c1ccc(CCN)cn1.